The van der Waals surface area contributed by atoms with Crippen LogP contribution >= 0.6 is 11.6 Å². The number of aromatic nitrogens is 4. The molecule has 3 rings (SSSR count). The Morgan fingerprint density at radius 2 is 1.40 bits per heavy atom. The zero-order chi connectivity index (χ0) is 32.5. The second kappa shape index (κ2) is 19.4. The number of hydrogen-bond donors (Lipinski definition) is 4. The van der Waals surface area contributed by atoms with E-state index in [1.54, 1.807) is 6.07 Å². The molecule has 9 nitrogen and oxygen atoms in total. The SMILES string of the molecule is CCCCCCCCCCCCCCCCCC(=O)NCCNC(=O)Nc1cccc(-c2nn3nc(C(C)(C)C)c(Cl)c3[nH]2)c1. The molecule has 0 aliphatic carbocycles. The number of nitrogens with one attached hydrogen (secondary N) is 4. The van der Waals surface area contributed by atoms with Gasteiger partial charge in [0.15, 0.2) is 11.5 Å². The fourth-order valence-electron chi connectivity index (χ4n) is 5.45. The zero-order valence-corrected chi connectivity index (χ0v) is 28.8. The van der Waals surface area contributed by atoms with Crippen LogP contribution in [0.4, 0.5) is 10.5 Å². The van der Waals surface area contributed by atoms with Crippen LogP contribution in [0.1, 0.15) is 136 Å². The van der Waals surface area contributed by atoms with Crippen LogP contribution in [-0.4, -0.2) is 44.8 Å². The smallest absolute Gasteiger partial charge is 0.319 e. The van der Waals surface area contributed by atoms with Crippen LogP contribution in [0.5, 0.6) is 0 Å². The first-order chi connectivity index (χ1) is 21.7. The van der Waals surface area contributed by atoms with E-state index in [1.165, 1.54) is 88.1 Å². The number of unbranched alkanes of at least 4 members (excludes halogenated alkanes) is 14. The van der Waals surface area contributed by atoms with E-state index in [0.717, 1.165) is 24.1 Å². The number of benzene rings is 1. The highest BCUT2D eigenvalue weighted by atomic mass is 35.5. The molecule has 3 aromatic rings. The summed E-state index contributed by atoms with van der Waals surface area (Å²) in [5.41, 5.74) is 2.63. The maximum Gasteiger partial charge on any atom is 0.319 e. The standard InChI is InChI=1S/C35H56ClN7O2/c1-5-6-7-8-9-10-11-12-13-14-15-16-17-18-19-23-29(44)37-24-25-38-34(45)39-28-22-20-21-27(26-28)32-40-33-30(36)31(35(2,3)4)41-43(33)42-32/h20-22,26H,5-19,23-25H2,1-4H3,(H,37,44)(H,40,42)(H2,38,39,45). The number of halogens is 1. The third-order valence-corrected chi connectivity index (χ3v) is 8.44. The first-order valence-electron chi connectivity index (χ1n) is 17.3. The van der Waals surface area contributed by atoms with Crippen molar-refractivity contribution in [3.63, 3.8) is 0 Å². The number of fused-ring (bicyclic) bond motifs is 1. The van der Waals surface area contributed by atoms with Crippen molar-refractivity contribution in [3.05, 3.63) is 35.0 Å². The molecule has 0 aliphatic rings. The number of carbonyl (C=O) groups is 2. The Bertz CT molecular complexity index is 1310. The highest BCUT2D eigenvalue weighted by molar-refractivity contribution is 6.34. The number of anilines is 1. The van der Waals surface area contributed by atoms with E-state index in [0.29, 0.717) is 41.7 Å². The van der Waals surface area contributed by atoms with Crippen molar-refractivity contribution >= 4 is 34.9 Å². The largest absolute Gasteiger partial charge is 0.354 e. The normalized spacial score (nSPS) is 11.7. The lowest BCUT2D eigenvalue weighted by atomic mass is 9.92. The summed E-state index contributed by atoms with van der Waals surface area (Å²) in [5, 5.41) is 18.2. The highest BCUT2D eigenvalue weighted by Gasteiger charge is 2.25. The van der Waals surface area contributed by atoms with E-state index in [9.17, 15) is 9.59 Å². The summed E-state index contributed by atoms with van der Waals surface area (Å²) in [6.07, 6.45) is 20.2. The van der Waals surface area contributed by atoms with Gasteiger partial charge in [0, 0.05) is 36.2 Å². The lowest BCUT2D eigenvalue weighted by molar-refractivity contribution is -0.121. The molecule has 0 saturated heterocycles. The molecule has 10 heteroatoms. The molecule has 0 bridgehead atoms. The Hall–Kier alpha value is -3.07. The van der Waals surface area contributed by atoms with Gasteiger partial charge in [-0.2, -0.15) is 5.10 Å². The summed E-state index contributed by atoms with van der Waals surface area (Å²) in [5.74, 6) is 0.639. The first-order valence-corrected chi connectivity index (χ1v) is 17.6. The third kappa shape index (κ3) is 13.1. The van der Waals surface area contributed by atoms with Gasteiger partial charge in [0.25, 0.3) is 0 Å². The molecule has 2 aromatic heterocycles. The summed E-state index contributed by atoms with van der Waals surface area (Å²) < 4.78 is 1.51. The Labute approximate surface area is 275 Å². The van der Waals surface area contributed by atoms with E-state index in [4.69, 9.17) is 11.6 Å². The fourth-order valence-corrected chi connectivity index (χ4v) is 5.89. The van der Waals surface area contributed by atoms with Crippen molar-refractivity contribution in [1.29, 1.82) is 0 Å². The molecule has 0 aliphatic heterocycles. The van der Waals surface area contributed by atoms with Crippen molar-refractivity contribution in [3.8, 4) is 11.4 Å². The van der Waals surface area contributed by atoms with Gasteiger partial charge in [0.1, 0.15) is 5.02 Å². The van der Waals surface area contributed by atoms with Crippen LogP contribution in [-0.2, 0) is 10.2 Å². The topological polar surface area (TPSA) is 116 Å². The minimum atomic E-state index is -0.337. The van der Waals surface area contributed by atoms with E-state index >= 15 is 0 Å². The number of rotatable bonds is 21. The minimum absolute atomic E-state index is 0.0409. The van der Waals surface area contributed by atoms with Crippen LogP contribution < -0.4 is 16.0 Å². The molecule has 0 spiro atoms. The number of amides is 3. The molecule has 0 unspecified atom stereocenters. The Kier molecular flexibility index (Phi) is 15.7. The summed E-state index contributed by atoms with van der Waals surface area (Å²) in [7, 11) is 0. The zero-order valence-electron chi connectivity index (χ0n) is 28.1. The predicted molar refractivity (Wildman–Crippen MR) is 186 cm³/mol. The summed E-state index contributed by atoms with van der Waals surface area (Å²) in [6, 6.07) is 7.04. The fraction of sp³-hybridized carbons (Fsp3) is 0.657. The van der Waals surface area contributed by atoms with Crippen molar-refractivity contribution in [2.75, 3.05) is 18.4 Å². The molecular formula is C35H56ClN7O2. The van der Waals surface area contributed by atoms with Gasteiger partial charge in [-0.05, 0) is 18.6 Å². The average Bonchev–Trinajstić information content (AvgIpc) is 3.57. The van der Waals surface area contributed by atoms with Crippen molar-refractivity contribution in [2.45, 2.75) is 136 Å². The van der Waals surface area contributed by atoms with Crippen LogP contribution in [0.25, 0.3) is 17.0 Å². The number of carbonyl (C=O) groups excluding carboxylic acids is 2. The number of H-pyrrole nitrogens is 1. The van der Waals surface area contributed by atoms with Crippen LogP contribution in [0.3, 0.4) is 0 Å². The van der Waals surface area contributed by atoms with Crippen molar-refractivity contribution < 1.29 is 9.59 Å². The van der Waals surface area contributed by atoms with E-state index in [2.05, 4.69) is 58.8 Å². The number of urea groups is 1. The Morgan fingerprint density at radius 3 is 1.98 bits per heavy atom. The molecule has 3 amide bonds. The second-order valence-corrected chi connectivity index (χ2v) is 13.6. The van der Waals surface area contributed by atoms with Crippen LogP contribution in [0.15, 0.2) is 24.3 Å². The molecular weight excluding hydrogens is 586 g/mol. The van der Waals surface area contributed by atoms with Crippen LogP contribution in [0, 0.1) is 0 Å². The molecule has 1 aromatic carbocycles. The first kappa shape index (κ1) is 36.4. The van der Waals surface area contributed by atoms with Crippen molar-refractivity contribution in [2.24, 2.45) is 0 Å². The Morgan fingerprint density at radius 1 is 0.822 bits per heavy atom. The lowest BCUT2D eigenvalue weighted by Crippen LogP contribution is -2.36. The number of nitrogens with zero attached hydrogens (tertiary/aromatic N) is 3. The van der Waals surface area contributed by atoms with Gasteiger partial charge < -0.3 is 20.9 Å². The molecule has 45 heavy (non-hydrogen) atoms. The van der Waals surface area contributed by atoms with Gasteiger partial charge in [0.05, 0.1) is 5.69 Å². The molecule has 0 atom stereocenters. The molecule has 0 saturated carbocycles. The number of hydrogen-bond acceptors (Lipinski definition) is 4. The van der Waals surface area contributed by atoms with Gasteiger partial charge in [-0.3, -0.25) is 4.79 Å². The molecule has 250 valence electrons. The molecule has 2 heterocycles. The van der Waals surface area contributed by atoms with Crippen LogP contribution in [0.2, 0.25) is 5.02 Å². The van der Waals surface area contributed by atoms with Crippen molar-refractivity contribution in [1.82, 2.24) is 30.4 Å². The monoisotopic (exact) mass is 641 g/mol. The van der Waals surface area contributed by atoms with E-state index in [1.807, 2.05) is 18.2 Å². The quantitative estimate of drug-likeness (QED) is 0.0868. The van der Waals surface area contributed by atoms with Gasteiger partial charge in [-0.15, -0.1) is 9.73 Å². The summed E-state index contributed by atoms with van der Waals surface area (Å²) in [6.45, 7) is 9.17. The van der Waals surface area contributed by atoms with Gasteiger partial charge in [-0.25, -0.2) is 4.79 Å². The van der Waals surface area contributed by atoms with E-state index < -0.39 is 0 Å². The van der Waals surface area contributed by atoms with Gasteiger partial charge >= 0.3 is 6.03 Å². The third-order valence-electron chi connectivity index (χ3n) is 8.09. The highest BCUT2D eigenvalue weighted by Crippen LogP contribution is 2.32. The lowest BCUT2D eigenvalue weighted by Gasteiger charge is -2.14. The summed E-state index contributed by atoms with van der Waals surface area (Å²) in [4.78, 5) is 27.8. The van der Waals surface area contributed by atoms with Gasteiger partial charge in [-0.1, -0.05) is 141 Å². The molecule has 0 fully saturated rings. The Balaban J connectivity index is 1.21. The minimum Gasteiger partial charge on any atom is -0.354 e. The van der Waals surface area contributed by atoms with E-state index in [-0.39, 0.29) is 17.4 Å². The molecule has 0 radical (unpaired) electrons. The summed E-state index contributed by atoms with van der Waals surface area (Å²) >= 11 is 6.56. The maximum absolute atomic E-state index is 12.4. The maximum atomic E-state index is 12.4. The predicted octanol–water partition coefficient (Wildman–Crippen LogP) is 9.17. The van der Waals surface area contributed by atoms with Gasteiger partial charge in [0.2, 0.25) is 5.91 Å². The average molecular weight is 642 g/mol. The second-order valence-electron chi connectivity index (χ2n) is 13.2. The number of aromatic amines is 1. The molecule has 4 N–H and O–H groups in total.